The first-order valence-electron chi connectivity index (χ1n) is 8.42. The van der Waals surface area contributed by atoms with E-state index in [0.29, 0.717) is 6.42 Å². The number of carbonyl (C=O) groups is 1. The number of hydrogen-bond donors (Lipinski definition) is 1. The van der Waals surface area contributed by atoms with Gasteiger partial charge in [0.1, 0.15) is 0 Å². The van der Waals surface area contributed by atoms with Crippen LogP contribution >= 0.6 is 35.1 Å². The van der Waals surface area contributed by atoms with Crippen molar-refractivity contribution in [3.05, 3.63) is 64.7 Å². The van der Waals surface area contributed by atoms with Gasteiger partial charge in [-0.15, -0.1) is 11.8 Å². The maximum Gasteiger partial charge on any atom is 0.220 e. The summed E-state index contributed by atoms with van der Waals surface area (Å²) < 4.78 is 0. The van der Waals surface area contributed by atoms with E-state index in [9.17, 15) is 4.79 Å². The summed E-state index contributed by atoms with van der Waals surface area (Å²) in [5.41, 5.74) is 2.70. The number of benzene rings is 2. The van der Waals surface area contributed by atoms with Gasteiger partial charge in [0.05, 0.1) is 0 Å². The van der Waals surface area contributed by atoms with Crippen LogP contribution in [0.5, 0.6) is 0 Å². The SMILES string of the molecule is Cc1ccccc1CSCCNC(=O)CCCSc1ccc(Cl)cc1. The molecule has 0 aliphatic heterocycles. The van der Waals surface area contributed by atoms with Crippen LogP contribution in [0.1, 0.15) is 24.0 Å². The largest absolute Gasteiger partial charge is 0.355 e. The number of halogens is 1. The molecule has 2 nitrogen and oxygen atoms in total. The van der Waals surface area contributed by atoms with Crippen LogP contribution in [0.2, 0.25) is 5.02 Å². The highest BCUT2D eigenvalue weighted by molar-refractivity contribution is 7.99. The normalized spacial score (nSPS) is 10.6. The summed E-state index contributed by atoms with van der Waals surface area (Å²) >= 11 is 9.48. The van der Waals surface area contributed by atoms with Gasteiger partial charge in [0.25, 0.3) is 0 Å². The standard InChI is InChI=1S/C20H24ClNOS2/c1-16-5-2-3-6-17(16)15-24-14-12-22-20(23)7-4-13-25-19-10-8-18(21)9-11-19/h2-3,5-6,8-11H,4,7,12-15H2,1H3,(H,22,23). The van der Waals surface area contributed by atoms with Crippen molar-refractivity contribution in [2.24, 2.45) is 0 Å². The van der Waals surface area contributed by atoms with Crippen LogP contribution in [0.4, 0.5) is 0 Å². The smallest absolute Gasteiger partial charge is 0.220 e. The molecule has 1 amide bonds. The van der Waals surface area contributed by atoms with Crippen molar-refractivity contribution >= 4 is 41.0 Å². The Morgan fingerprint density at radius 3 is 2.60 bits per heavy atom. The highest BCUT2D eigenvalue weighted by atomic mass is 35.5. The van der Waals surface area contributed by atoms with E-state index in [-0.39, 0.29) is 5.91 Å². The van der Waals surface area contributed by atoms with Crippen molar-refractivity contribution in [1.29, 1.82) is 0 Å². The summed E-state index contributed by atoms with van der Waals surface area (Å²) in [5.74, 6) is 3.03. The minimum atomic E-state index is 0.146. The summed E-state index contributed by atoms with van der Waals surface area (Å²) in [6.07, 6.45) is 1.47. The monoisotopic (exact) mass is 393 g/mol. The molecule has 0 aliphatic rings. The molecule has 0 aromatic heterocycles. The number of rotatable bonds is 10. The molecule has 1 N–H and O–H groups in total. The molecule has 0 atom stereocenters. The van der Waals surface area contributed by atoms with Gasteiger partial charge in [0, 0.05) is 34.4 Å². The van der Waals surface area contributed by atoms with Crippen molar-refractivity contribution in [2.75, 3.05) is 18.1 Å². The zero-order chi connectivity index (χ0) is 17.9. The quantitative estimate of drug-likeness (QED) is 0.422. The maximum atomic E-state index is 11.8. The van der Waals surface area contributed by atoms with Crippen LogP contribution in [0.25, 0.3) is 0 Å². The Kier molecular flexibility index (Phi) is 9.30. The minimum Gasteiger partial charge on any atom is -0.355 e. The third kappa shape index (κ3) is 8.21. The number of nitrogens with one attached hydrogen (secondary N) is 1. The second kappa shape index (κ2) is 11.5. The Bertz CT molecular complexity index is 661. The molecule has 0 bridgehead atoms. The summed E-state index contributed by atoms with van der Waals surface area (Å²) in [4.78, 5) is 13.0. The predicted molar refractivity (Wildman–Crippen MR) is 112 cm³/mol. The molecule has 5 heteroatoms. The number of carbonyl (C=O) groups excluding carboxylic acids is 1. The molecular weight excluding hydrogens is 370 g/mol. The molecule has 0 saturated heterocycles. The van der Waals surface area contributed by atoms with Crippen LogP contribution in [0, 0.1) is 6.92 Å². The van der Waals surface area contributed by atoms with Crippen LogP contribution in [-0.2, 0) is 10.5 Å². The molecule has 25 heavy (non-hydrogen) atoms. The van der Waals surface area contributed by atoms with Gasteiger partial charge >= 0.3 is 0 Å². The van der Waals surface area contributed by atoms with Crippen molar-refractivity contribution in [3.63, 3.8) is 0 Å². The van der Waals surface area contributed by atoms with Gasteiger partial charge in [0.15, 0.2) is 0 Å². The average molecular weight is 394 g/mol. The molecule has 0 spiro atoms. The lowest BCUT2D eigenvalue weighted by molar-refractivity contribution is -0.120. The lowest BCUT2D eigenvalue weighted by Crippen LogP contribution is -2.25. The number of thioether (sulfide) groups is 2. The minimum absolute atomic E-state index is 0.146. The average Bonchev–Trinajstić information content (AvgIpc) is 2.61. The fourth-order valence-electron chi connectivity index (χ4n) is 2.26. The predicted octanol–water partition coefficient (Wildman–Crippen LogP) is 5.57. The Balaban J connectivity index is 1.49. The zero-order valence-corrected chi connectivity index (χ0v) is 16.9. The molecule has 0 heterocycles. The van der Waals surface area contributed by atoms with Crippen LogP contribution in [-0.4, -0.2) is 24.0 Å². The first-order chi connectivity index (χ1) is 12.1. The second-order valence-electron chi connectivity index (χ2n) is 5.73. The Morgan fingerprint density at radius 1 is 1.08 bits per heavy atom. The molecule has 0 aliphatic carbocycles. The van der Waals surface area contributed by atoms with E-state index in [1.54, 1.807) is 11.8 Å². The third-order valence-corrected chi connectivity index (χ3v) is 6.08. The van der Waals surface area contributed by atoms with E-state index < -0.39 is 0 Å². The van der Waals surface area contributed by atoms with Gasteiger partial charge in [-0.2, -0.15) is 11.8 Å². The van der Waals surface area contributed by atoms with Gasteiger partial charge in [0.2, 0.25) is 5.91 Å². The van der Waals surface area contributed by atoms with E-state index in [2.05, 4.69) is 36.5 Å². The molecule has 134 valence electrons. The van der Waals surface area contributed by atoms with E-state index >= 15 is 0 Å². The molecule has 0 fully saturated rings. The molecule has 0 radical (unpaired) electrons. The van der Waals surface area contributed by atoms with Gasteiger partial charge in [-0.3, -0.25) is 4.79 Å². The maximum absolute atomic E-state index is 11.8. The summed E-state index contributed by atoms with van der Waals surface area (Å²) in [6.45, 7) is 2.87. The lowest BCUT2D eigenvalue weighted by Gasteiger charge is -2.07. The molecule has 2 rings (SSSR count). The highest BCUT2D eigenvalue weighted by Crippen LogP contribution is 2.21. The molecule has 0 saturated carbocycles. The number of amides is 1. The molecular formula is C20H24ClNOS2. The van der Waals surface area contributed by atoms with E-state index in [1.165, 1.54) is 16.0 Å². The van der Waals surface area contributed by atoms with Crippen LogP contribution in [0.15, 0.2) is 53.4 Å². The van der Waals surface area contributed by atoms with Crippen molar-refractivity contribution in [2.45, 2.75) is 30.4 Å². The topological polar surface area (TPSA) is 29.1 Å². The Morgan fingerprint density at radius 2 is 1.84 bits per heavy atom. The molecule has 2 aromatic carbocycles. The van der Waals surface area contributed by atoms with Gasteiger partial charge in [-0.05, 0) is 54.5 Å². The molecule has 0 unspecified atom stereocenters. The van der Waals surface area contributed by atoms with Crippen LogP contribution in [0.3, 0.4) is 0 Å². The van der Waals surface area contributed by atoms with Crippen molar-refractivity contribution in [3.8, 4) is 0 Å². The first kappa shape index (κ1) is 20.2. The summed E-state index contributed by atoms with van der Waals surface area (Å²) in [5, 5.41) is 3.76. The first-order valence-corrected chi connectivity index (χ1v) is 10.9. The fourth-order valence-corrected chi connectivity index (χ4v) is 4.17. The number of hydrogen-bond acceptors (Lipinski definition) is 3. The van der Waals surface area contributed by atoms with Gasteiger partial charge in [-0.1, -0.05) is 35.9 Å². The Hall–Kier alpha value is -1.10. The van der Waals surface area contributed by atoms with Crippen LogP contribution < -0.4 is 5.32 Å². The van der Waals surface area contributed by atoms with Gasteiger partial charge in [-0.25, -0.2) is 0 Å². The lowest BCUT2D eigenvalue weighted by atomic mass is 10.1. The fraction of sp³-hybridized carbons (Fsp3) is 0.350. The highest BCUT2D eigenvalue weighted by Gasteiger charge is 2.02. The van der Waals surface area contributed by atoms with E-state index in [1.807, 2.05) is 36.0 Å². The molecule has 2 aromatic rings. The third-order valence-electron chi connectivity index (χ3n) is 3.72. The summed E-state index contributed by atoms with van der Waals surface area (Å²) in [6, 6.07) is 16.3. The van der Waals surface area contributed by atoms with Crippen molar-refractivity contribution < 1.29 is 4.79 Å². The van der Waals surface area contributed by atoms with Crippen molar-refractivity contribution in [1.82, 2.24) is 5.32 Å². The summed E-state index contributed by atoms with van der Waals surface area (Å²) in [7, 11) is 0. The zero-order valence-electron chi connectivity index (χ0n) is 14.5. The Labute approximate surface area is 164 Å². The van der Waals surface area contributed by atoms with Gasteiger partial charge < -0.3 is 5.32 Å². The second-order valence-corrected chi connectivity index (χ2v) is 8.44. The van der Waals surface area contributed by atoms with E-state index in [0.717, 1.165) is 35.2 Å². The van der Waals surface area contributed by atoms with E-state index in [4.69, 9.17) is 11.6 Å². The number of aryl methyl sites for hydroxylation is 1.